The van der Waals surface area contributed by atoms with E-state index in [2.05, 4.69) is 10.2 Å². The zero-order valence-electron chi connectivity index (χ0n) is 9.35. The molecule has 1 aromatic heterocycles. The number of benzene rings is 2. The molecule has 3 aromatic rings. The van der Waals surface area contributed by atoms with Gasteiger partial charge in [-0.1, -0.05) is 29.4 Å². The van der Waals surface area contributed by atoms with Crippen molar-refractivity contribution in [2.75, 3.05) is 5.73 Å². The summed E-state index contributed by atoms with van der Waals surface area (Å²) in [5.74, 6) is 0. The number of aromatic nitrogens is 2. The molecule has 3 nitrogen and oxygen atoms in total. The highest BCUT2D eigenvalue weighted by Gasteiger charge is 2.06. The number of nitrogens with zero attached hydrogens (tertiary/aromatic N) is 1. The maximum absolute atomic E-state index is 6.04. The highest BCUT2D eigenvalue weighted by molar-refractivity contribution is 7.99. The average molecular weight is 276 g/mol. The average Bonchev–Trinajstić information content (AvgIpc) is 2.76. The molecule has 0 bridgehead atoms. The summed E-state index contributed by atoms with van der Waals surface area (Å²) < 4.78 is 0. The molecule has 5 heteroatoms. The lowest BCUT2D eigenvalue weighted by Crippen LogP contribution is -1.88. The van der Waals surface area contributed by atoms with E-state index in [4.69, 9.17) is 17.3 Å². The quantitative estimate of drug-likeness (QED) is 0.696. The molecule has 0 saturated carbocycles. The first-order valence-electron chi connectivity index (χ1n) is 5.38. The molecule has 0 spiro atoms. The predicted octanol–water partition coefficient (Wildman–Crippen LogP) is 3.95. The number of hydrogen-bond acceptors (Lipinski definition) is 3. The second-order valence-electron chi connectivity index (χ2n) is 3.91. The molecule has 3 rings (SSSR count). The van der Waals surface area contributed by atoms with Crippen molar-refractivity contribution < 1.29 is 0 Å². The fraction of sp³-hybridized carbons (Fsp3) is 0. The largest absolute Gasteiger partial charge is 0.398 e. The van der Waals surface area contributed by atoms with Crippen molar-refractivity contribution in [2.24, 2.45) is 0 Å². The minimum Gasteiger partial charge on any atom is -0.398 e. The highest BCUT2D eigenvalue weighted by Crippen LogP contribution is 2.35. The Morgan fingerprint density at radius 2 is 2.11 bits per heavy atom. The molecule has 18 heavy (non-hydrogen) atoms. The van der Waals surface area contributed by atoms with Crippen molar-refractivity contribution in [3.05, 3.63) is 47.6 Å². The van der Waals surface area contributed by atoms with Crippen LogP contribution in [0.3, 0.4) is 0 Å². The molecule has 0 aliphatic rings. The minimum absolute atomic E-state index is 0.723. The van der Waals surface area contributed by atoms with Crippen molar-refractivity contribution in [3.63, 3.8) is 0 Å². The van der Waals surface area contributed by atoms with Crippen molar-refractivity contribution in [2.45, 2.75) is 9.79 Å². The maximum atomic E-state index is 6.04. The van der Waals surface area contributed by atoms with Gasteiger partial charge in [0, 0.05) is 25.9 Å². The van der Waals surface area contributed by atoms with Crippen LogP contribution in [0.25, 0.3) is 10.9 Å². The smallest absolute Gasteiger partial charge is 0.0663 e. The van der Waals surface area contributed by atoms with Crippen molar-refractivity contribution in [1.29, 1.82) is 0 Å². The number of H-pyrrole nitrogens is 1. The summed E-state index contributed by atoms with van der Waals surface area (Å²) in [5, 5.41) is 8.67. The summed E-state index contributed by atoms with van der Waals surface area (Å²) in [6.45, 7) is 0. The Morgan fingerprint density at radius 3 is 2.94 bits per heavy atom. The van der Waals surface area contributed by atoms with E-state index in [-0.39, 0.29) is 0 Å². The number of rotatable bonds is 2. The Balaban J connectivity index is 2.01. The first-order valence-corrected chi connectivity index (χ1v) is 6.58. The van der Waals surface area contributed by atoms with E-state index in [1.807, 2.05) is 36.4 Å². The number of halogens is 1. The standard InChI is InChI=1S/C13H10ClN3S/c14-9-2-1-3-10(5-9)18-13-6-12-8(4-11(13)15)7-16-17-12/h1-7H,15H2,(H,16,17). The number of fused-ring (bicyclic) bond motifs is 1. The maximum Gasteiger partial charge on any atom is 0.0663 e. The number of aromatic amines is 1. The molecular formula is C13H10ClN3S. The third-order valence-corrected chi connectivity index (χ3v) is 3.89. The summed E-state index contributed by atoms with van der Waals surface area (Å²) in [5.41, 5.74) is 7.76. The van der Waals surface area contributed by atoms with Crippen molar-refractivity contribution in [1.82, 2.24) is 10.2 Å². The van der Waals surface area contributed by atoms with E-state index >= 15 is 0 Å². The SMILES string of the molecule is Nc1cc2cn[nH]c2cc1Sc1cccc(Cl)c1. The molecule has 1 heterocycles. The van der Waals surface area contributed by atoms with Crippen LogP contribution in [-0.2, 0) is 0 Å². The van der Waals surface area contributed by atoms with Gasteiger partial charge in [0.25, 0.3) is 0 Å². The molecule has 0 amide bonds. The Bertz CT molecular complexity index is 708. The van der Waals surface area contributed by atoms with Crippen molar-refractivity contribution >= 4 is 40.0 Å². The molecule has 0 radical (unpaired) electrons. The summed E-state index contributed by atoms with van der Waals surface area (Å²) in [6.07, 6.45) is 1.76. The van der Waals surface area contributed by atoms with Crippen LogP contribution in [0.1, 0.15) is 0 Å². The van der Waals surface area contributed by atoms with Gasteiger partial charge in [0.2, 0.25) is 0 Å². The fourth-order valence-corrected chi connectivity index (χ4v) is 2.93. The molecule has 3 N–H and O–H groups in total. The number of nitrogen functional groups attached to an aromatic ring is 1. The Morgan fingerprint density at radius 1 is 1.22 bits per heavy atom. The number of nitrogens with two attached hydrogens (primary N) is 1. The van der Waals surface area contributed by atoms with E-state index in [0.717, 1.165) is 31.4 Å². The lowest BCUT2D eigenvalue weighted by Gasteiger charge is -2.06. The van der Waals surface area contributed by atoms with Crippen LogP contribution in [0, 0.1) is 0 Å². The van der Waals surface area contributed by atoms with E-state index < -0.39 is 0 Å². The molecule has 0 unspecified atom stereocenters. The Labute approximate surface area is 113 Å². The van der Waals surface area contributed by atoms with Gasteiger partial charge in [-0.25, -0.2) is 0 Å². The third-order valence-electron chi connectivity index (χ3n) is 2.59. The lowest BCUT2D eigenvalue weighted by molar-refractivity contribution is 1.12. The minimum atomic E-state index is 0.723. The summed E-state index contributed by atoms with van der Waals surface area (Å²) >= 11 is 7.56. The van der Waals surface area contributed by atoms with E-state index in [1.165, 1.54) is 0 Å². The van der Waals surface area contributed by atoms with Crippen LogP contribution in [0.2, 0.25) is 5.02 Å². The van der Waals surface area contributed by atoms with Crippen LogP contribution < -0.4 is 5.73 Å². The summed E-state index contributed by atoms with van der Waals surface area (Å²) in [6, 6.07) is 11.6. The topological polar surface area (TPSA) is 54.7 Å². The monoisotopic (exact) mass is 275 g/mol. The van der Waals surface area contributed by atoms with Gasteiger partial charge in [0.05, 0.1) is 11.7 Å². The Kier molecular flexibility index (Phi) is 2.89. The van der Waals surface area contributed by atoms with Crippen LogP contribution in [0.5, 0.6) is 0 Å². The third kappa shape index (κ3) is 2.17. The predicted molar refractivity (Wildman–Crippen MR) is 76.1 cm³/mol. The Hall–Kier alpha value is -1.65. The summed E-state index contributed by atoms with van der Waals surface area (Å²) in [7, 11) is 0. The van der Waals surface area contributed by atoms with Gasteiger partial charge >= 0.3 is 0 Å². The molecule has 2 aromatic carbocycles. The van der Waals surface area contributed by atoms with Gasteiger partial charge < -0.3 is 5.73 Å². The van der Waals surface area contributed by atoms with E-state index in [0.29, 0.717) is 0 Å². The van der Waals surface area contributed by atoms with Gasteiger partial charge in [-0.3, -0.25) is 5.10 Å². The molecule has 0 fully saturated rings. The van der Waals surface area contributed by atoms with Crippen LogP contribution in [-0.4, -0.2) is 10.2 Å². The highest BCUT2D eigenvalue weighted by atomic mass is 35.5. The molecular weight excluding hydrogens is 266 g/mol. The zero-order chi connectivity index (χ0) is 12.5. The molecule has 0 saturated heterocycles. The first kappa shape index (κ1) is 11.4. The van der Waals surface area contributed by atoms with Gasteiger partial charge in [0.15, 0.2) is 0 Å². The van der Waals surface area contributed by atoms with Gasteiger partial charge in [-0.15, -0.1) is 0 Å². The normalized spacial score (nSPS) is 10.9. The van der Waals surface area contributed by atoms with E-state index in [9.17, 15) is 0 Å². The number of hydrogen-bond donors (Lipinski definition) is 2. The van der Waals surface area contributed by atoms with Gasteiger partial charge in [-0.2, -0.15) is 5.10 Å². The second-order valence-corrected chi connectivity index (χ2v) is 5.46. The van der Waals surface area contributed by atoms with Gasteiger partial charge in [-0.05, 0) is 30.3 Å². The van der Waals surface area contributed by atoms with Crippen LogP contribution >= 0.6 is 23.4 Å². The van der Waals surface area contributed by atoms with Crippen LogP contribution in [0.4, 0.5) is 5.69 Å². The first-order chi connectivity index (χ1) is 8.72. The molecule has 0 aliphatic carbocycles. The van der Waals surface area contributed by atoms with E-state index in [1.54, 1.807) is 18.0 Å². The molecule has 0 atom stereocenters. The van der Waals surface area contributed by atoms with Gasteiger partial charge in [0.1, 0.15) is 0 Å². The fourth-order valence-electron chi connectivity index (χ4n) is 1.74. The molecule has 90 valence electrons. The van der Waals surface area contributed by atoms with Crippen LogP contribution in [0.15, 0.2) is 52.4 Å². The van der Waals surface area contributed by atoms with Crippen molar-refractivity contribution in [3.8, 4) is 0 Å². The molecule has 0 aliphatic heterocycles. The lowest BCUT2D eigenvalue weighted by atomic mass is 10.2. The summed E-state index contributed by atoms with van der Waals surface area (Å²) in [4.78, 5) is 2.06. The number of nitrogens with one attached hydrogen (secondary N) is 1. The second kappa shape index (κ2) is 4.55. The number of anilines is 1. The zero-order valence-corrected chi connectivity index (χ0v) is 10.9.